The predicted octanol–water partition coefficient (Wildman–Crippen LogP) is 3.45. The van der Waals surface area contributed by atoms with Crippen molar-refractivity contribution in [3.63, 3.8) is 0 Å². The van der Waals surface area contributed by atoms with Crippen LogP contribution in [0.1, 0.15) is 47.1 Å². The number of ether oxygens (including phenoxy) is 1. The van der Waals surface area contributed by atoms with E-state index in [9.17, 15) is 9.59 Å². The fourth-order valence-electron chi connectivity index (χ4n) is 2.51. The third kappa shape index (κ3) is 1.73. The van der Waals surface area contributed by atoms with Gasteiger partial charge in [0.15, 0.2) is 0 Å². The van der Waals surface area contributed by atoms with Crippen LogP contribution in [-0.4, -0.2) is 11.9 Å². The molecule has 0 saturated carbocycles. The van der Waals surface area contributed by atoms with Crippen molar-refractivity contribution < 1.29 is 14.3 Å². The molecule has 0 saturated heterocycles. The van der Waals surface area contributed by atoms with E-state index in [4.69, 9.17) is 0 Å². The molecule has 0 N–H and O–H groups in total. The molecule has 0 aromatic heterocycles. The normalized spacial score (nSPS) is 14.7. The van der Waals surface area contributed by atoms with Crippen LogP contribution in [0.5, 0.6) is 0 Å². The molecular formula is C16H14O3. The van der Waals surface area contributed by atoms with E-state index in [0.717, 1.165) is 16.3 Å². The Labute approximate surface area is 111 Å². The molecule has 3 nitrogen and oxygen atoms in total. The molecule has 2 aromatic carbocycles. The number of fused-ring (bicyclic) bond motifs is 2. The van der Waals surface area contributed by atoms with E-state index < -0.39 is 11.9 Å². The number of esters is 2. The second kappa shape index (κ2) is 3.67. The van der Waals surface area contributed by atoms with Gasteiger partial charge in [0.05, 0.1) is 11.1 Å². The first-order chi connectivity index (χ1) is 8.88. The zero-order chi connectivity index (χ0) is 13.8. The summed E-state index contributed by atoms with van der Waals surface area (Å²) < 4.78 is 4.65. The lowest BCUT2D eigenvalue weighted by Crippen LogP contribution is -2.11. The number of carbonyl (C=O) groups is 2. The van der Waals surface area contributed by atoms with Crippen LogP contribution in [0.4, 0.5) is 0 Å². The first-order valence-corrected chi connectivity index (χ1v) is 6.22. The van der Waals surface area contributed by atoms with Crippen LogP contribution < -0.4 is 0 Å². The van der Waals surface area contributed by atoms with Gasteiger partial charge in [-0.1, -0.05) is 39.0 Å². The Morgan fingerprint density at radius 2 is 1.58 bits per heavy atom. The van der Waals surface area contributed by atoms with Crippen molar-refractivity contribution in [3.05, 3.63) is 47.0 Å². The van der Waals surface area contributed by atoms with Crippen LogP contribution in [0.3, 0.4) is 0 Å². The molecule has 19 heavy (non-hydrogen) atoms. The Hall–Kier alpha value is -2.16. The van der Waals surface area contributed by atoms with Crippen molar-refractivity contribution in [1.82, 2.24) is 0 Å². The topological polar surface area (TPSA) is 43.4 Å². The van der Waals surface area contributed by atoms with E-state index in [1.165, 1.54) is 0 Å². The molecule has 0 bridgehead atoms. The molecule has 0 radical (unpaired) electrons. The van der Waals surface area contributed by atoms with Crippen molar-refractivity contribution in [3.8, 4) is 0 Å². The van der Waals surface area contributed by atoms with Crippen molar-refractivity contribution >= 4 is 22.7 Å². The molecule has 3 heteroatoms. The van der Waals surface area contributed by atoms with Gasteiger partial charge in [-0.15, -0.1) is 0 Å². The van der Waals surface area contributed by atoms with Gasteiger partial charge >= 0.3 is 11.9 Å². The molecule has 0 fully saturated rings. The first kappa shape index (κ1) is 11.9. The Morgan fingerprint density at radius 3 is 2.21 bits per heavy atom. The summed E-state index contributed by atoms with van der Waals surface area (Å²) in [5, 5.41) is 1.96. The highest BCUT2D eigenvalue weighted by atomic mass is 16.6. The van der Waals surface area contributed by atoms with Crippen LogP contribution >= 0.6 is 0 Å². The molecule has 0 unspecified atom stereocenters. The molecule has 1 aliphatic rings. The molecule has 0 spiro atoms. The molecule has 2 aromatic rings. The van der Waals surface area contributed by atoms with Gasteiger partial charge in [-0.05, 0) is 33.9 Å². The third-order valence-corrected chi connectivity index (χ3v) is 3.45. The van der Waals surface area contributed by atoms with Crippen molar-refractivity contribution in [1.29, 1.82) is 0 Å². The summed E-state index contributed by atoms with van der Waals surface area (Å²) in [6, 6.07) is 9.49. The Balaban J connectivity index is 2.38. The van der Waals surface area contributed by atoms with Gasteiger partial charge in [-0.25, -0.2) is 9.59 Å². The van der Waals surface area contributed by atoms with Gasteiger partial charge in [-0.3, -0.25) is 0 Å². The first-order valence-electron chi connectivity index (χ1n) is 6.22. The predicted molar refractivity (Wildman–Crippen MR) is 72.4 cm³/mol. The van der Waals surface area contributed by atoms with E-state index in [2.05, 4.69) is 31.6 Å². The minimum atomic E-state index is -0.553. The van der Waals surface area contributed by atoms with Gasteiger partial charge < -0.3 is 4.74 Å². The summed E-state index contributed by atoms with van der Waals surface area (Å²) in [6.45, 7) is 6.37. The lowest BCUT2D eigenvalue weighted by Gasteiger charge is -2.21. The smallest absolute Gasteiger partial charge is 0.346 e. The monoisotopic (exact) mass is 254 g/mol. The van der Waals surface area contributed by atoms with Crippen molar-refractivity contribution in [2.75, 3.05) is 0 Å². The van der Waals surface area contributed by atoms with Gasteiger partial charge in [0.25, 0.3) is 0 Å². The highest BCUT2D eigenvalue weighted by Gasteiger charge is 2.30. The van der Waals surface area contributed by atoms with E-state index in [1.54, 1.807) is 12.1 Å². The Kier molecular flexibility index (Phi) is 2.30. The van der Waals surface area contributed by atoms with Gasteiger partial charge in [0.2, 0.25) is 0 Å². The van der Waals surface area contributed by atoms with E-state index in [0.29, 0.717) is 11.1 Å². The number of cyclic esters (lactones) is 2. The molecule has 3 rings (SSSR count). The quantitative estimate of drug-likeness (QED) is 0.534. The number of benzene rings is 2. The summed E-state index contributed by atoms with van der Waals surface area (Å²) in [5.74, 6) is -1.10. The van der Waals surface area contributed by atoms with Crippen molar-refractivity contribution in [2.45, 2.75) is 26.2 Å². The number of hydrogen-bond donors (Lipinski definition) is 0. The maximum Gasteiger partial charge on any atom is 0.346 e. The Morgan fingerprint density at radius 1 is 0.947 bits per heavy atom. The SMILES string of the molecule is CC(C)(C)c1cccc2cc3c(cc12)C(=O)OC3=O. The second-order valence-electron chi connectivity index (χ2n) is 5.85. The van der Waals surface area contributed by atoms with E-state index in [1.807, 2.05) is 12.1 Å². The summed E-state index contributed by atoms with van der Waals surface area (Å²) in [5.41, 5.74) is 1.86. The second-order valence-corrected chi connectivity index (χ2v) is 5.85. The van der Waals surface area contributed by atoms with E-state index in [-0.39, 0.29) is 5.41 Å². The summed E-state index contributed by atoms with van der Waals surface area (Å²) >= 11 is 0. The lowest BCUT2D eigenvalue weighted by molar-refractivity contribution is 0.0444. The van der Waals surface area contributed by atoms with Crippen LogP contribution in [0.15, 0.2) is 30.3 Å². The van der Waals surface area contributed by atoms with Gasteiger partial charge in [-0.2, -0.15) is 0 Å². The summed E-state index contributed by atoms with van der Waals surface area (Å²) in [7, 11) is 0. The van der Waals surface area contributed by atoms with Crippen molar-refractivity contribution in [2.24, 2.45) is 0 Å². The minimum absolute atomic E-state index is 0.0275. The maximum absolute atomic E-state index is 11.6. The Bertz CT molecular complexity index is 721. The van der Waals surface area contributed by atoms with Crippen LogP contribution in [0.25, 0.3) is 10.8 Å². The fraction of sp³-hybridized carbons (Fsp3) is 0.250. The molecule has 0 atom stereocenters. The van der Waals surface area contributed by atoms with Gasteiger partial charge in [0, 0.05) is 0 Å². The average Bonchev–Trinajstić information content (AvgIpc) is 2.60. The van der Waals surface area contributed by atoms with Crippen LogP contribution in [0, 0.1) is 0 Å². The largest absolute Gasteiger partial charge is 0.386 e. The summed E-state index contributed by atoms with van der Waals surface area (Å²) in [6.07, 6.45) is 0. The number of rotatable bonds is 0. The standard InChI is InChI=1S/C16H14O3/c1-16(2,3)13-6-4-5-9-7-11-12(8-10(9)13)15(18)19-14(11)17/h4-8H,1-3H3. The molecule has 1 aliphatic heterocycles. The highest BCUT2D eigenvalue weighted by molar-refractivity contribution is 6.17. The summed E-state index contributed by atoms with van der Waals surface area (Å²) in [4.78, 5) is 23.2. The zero-order valence-electron chi connectivity index (χ0n) is 11.1. The number of carbonyl (C=O) groups excluding carboxylic acids is 2. The molecule has 0 aliphatic carbocycles. The molecule has 1 heterocycles. The number of hydrogen-bond acceptors (Lipinski definition) is 3. The van der Waals surface area contributed by atoms with E-state index >= 15 is 0 Å². The van der Waals surface area contributed by atoms with Crippen LogP contribution in [0.2, 0.25) is 0 Å². The maximum atomic E-state index is 11.6. The minimum Gasteiger partial charge on any atom is -0.386 e. The molecule has 0 amide bonds. The lowest BCUT2D eigenvalue weighted by atomic mass is 9.83. The van der Waals surface area contributed by atoms with Gasteiger partial charge in [0.1, 0.15) is 0 Å². The third-order valence-electron chi connectivity index (χ3n) is 3.45. The fourth-order valence-corrected chi connectivity index (χ4v) is 2.51. The molecule has 96 valence electrons. The van der Waals surface area contributed by atoms with Crippen LogP contribution in [-0.2, 0) is 10.2 Å². The molecular weight excluding hydrogens is 240 g/mol. The average molecular weight is 254 g/mol. The zero-order valence-corrected chi connectivity index (χ0v) is 11.1. The highest BCUT2D eigenvalue weighted by Crippen LogP contribution is 2.33.